The van der Waals surface area contributed by atoms with Crippen molar-refractivity contribution in [3.63, 3.8) is 0 Å². The third kappa shape index (κ3) is 3.84. The number of halogens is 2. The van der Waals surface area contributed by atoms with Gasteiger partial charge in [0.1, 0.15) is 11.4 Å². The molecule has 8 heteroatoms. The summed E-state index contributed by atoms with van der Waals surface area (Å²) >= 11 is 6.18. The molecule has 1 amide bonds. The fraction of sp³-hybridized carbons (Fsp3) is 0.318. The first-order valence-electron chi connectivity index (χ1n) is 9.60. The normalized spacial score (nSPS) is 18.1. The number of benzene rings is 2. The summed E-state index contributed by atoms with van der Waals surface area (Å²) in [6.45, 7) is 3.60. The predicted molar refractivity (Wildman–Crippen MR) is 114 cm³/mol. The summed E-state index contributed by atoms with van der Waals surface area (Å²) in [6, 6.07) is 9.34. The molecule has 1 aliphatic rings. The maximum atomic E-state index is 14.4. The van der Waals surface area contributed by atoms with Crippen LogP contribution in [0.5, 0.6) is 0 Å². The first kappa shape index (κ1) is 20.9. The lowest BCUT2D eigenvalue weighted by atomic mass is 10.1. The number of rotatable bonds is 4. The molecule has 0 aliphatic carbocycles. The van der Waals surface area contributed by atoms with E-state index in [1.165, 1.54) is 17.0 Å². The van der Waals surface area contributed by atoms with Crippen LogP contribution < -0.4 is 0 Å². The van der Waals surface area contributed by atoms with Crippen molar-refractivity contribution >= 4 is 38.3 Å². The molecule has 30 heavy (non-hydrogen) atoms. The Morgan fingerprint density at radius 1 is 1.27 bits per heavy atom. The number of hydrogen-bond acceptors (Lipinski definition) is 4. The van der Waals surface area contributed by atoms with E-state index in [4.69, 9.17) is 16.0 Å². The molecule has 2 aromatic carbocycles. The monoisotopic (exact) mass is 449 g/mol. The van der Waals surface area contributed by atoms with Crippen LogP contribution in [0.25, 0.3) is 11.0 Å². The van der Waals surface area contributed by atoms with Crippen LogP contribution >= 0.6 is 11.6 Å². The highest BCUT2D eigenvalue weighted by Gasteiger charge is 2.37. The van der Waals surface area contributed by atoms with Gasteiger partial charge in [0.15, 0.2) is 15.6 Å². The van der Waals surface area contributed by atoms with Crippen LogP contribution in [-0.4, -0.2) is 36.8 Å². The van der Waals surface area contributed by atoms with Crippen molar-refractivity contribution in [2.24, 2.45) is 0 Å². The second-order valence-corrected chi connectivity index (χ2v) is 10.4. The number of hydrogen-bond donors (Lipinski definition) is 0. The summed E-state index contributed by atoms with van der Waals surface area (Å²) < 4.78 is 44.4. The molecule has 1 atom stereocenters. The fourth-order valence-corrected chi connectivity index (χ4v) is 5.86. The SMILES string of the molecule is Cc1ccc2oc(C(=O)N(Cc3c(F)cccc3Cl)C3CCS(=O)(=O)C3)c(C)c2c1. The molecule has 0 bridgehead atoms. The van der Waals surface area contributed by atoms with E-state index in [0.717, 1.165) is 10.9 Å². The minimum atomic E-state index is -3.26. The van der Waals surface area contributed by atoms with Gasteiger partial charge in [-0.1, -0.05) is 29.3 Å². The zero-order chi connectivity index (χ0) is 21.6. The quantitative estimate of drug-likeness (QED) is 0.580. The van der Waals surface area contributed by atoms with Crippen LogP contribution in [0.2, 0.25) is 5.02 Å². The Kier molecular flexibility index (Phi) is 5.36. The smallest absolute Gasteiger partial charge is 0.290 e. The second-order valence-electron chi connectivity index (χ2n) is 7.75. The average molecular weight is 450 g/mol. The molecule has 0 spiro atoms. The number of nitrogens with zero attached hydrogens (tertiary/aromatic N) is 1. The first-order valence-corrected chi connectivity index (χ1v) is 11.8. The van der Waals surface area contributed by atoms with Crippen molar-refractivity contribution in [2.75, 3.05) is 11.5 Å². The number of furan rings is 1. The van der Waals surface area contributed by atoms with Crippen molar-refractivity contribution < 1.29 is 22.0 Å². The van der Waals surface area contributed by atoms with Gasteiger partial charge in [-0.2, -0.15) is 0 Å². The van der Waals surface area contributed by atoms with Gasteiger partial charge in [0, 0.05) is 27.6 Å². The van der Waals surface area contributed by atoms with Crippen molar-refractivity contribution in [3.8, 4) is 0 Å². The van der Waals surface area contributed by atoms with Gasteiger partial charge in [-0.3, -0.25) is 4.79 Å². The lowest BCUT2D eigenvalue weighted by Gasteiger charge is -2.28. The minimum Gasteiger partial charge on any atom is -0.451 e. The lowest BCUT2D eigenvalue weighted by molar-refractivity contribution is 0.0647. The van der Waals surface area contributed by atoms with Crippen LogP contribution in [0.4, 0.5) is 4.39 Å². The van der Waals surface area contributed by atoms with Gasteiger partial charge in [0.25, 0.3) is 5.91 Å². The van der Waals surface area contributed by atoms with E-state index in [0.29, 0.717) is 17.6 Å². The summed E-state index contributed by atoms with van der Waals surface area (Å²) in [4.78, 5) is 14.9. The van der Waals surface area contributed by atoms with Gasteiger partial charge in [-0.05, 0) is 44.5 Å². The Hall–Kier alpha value is -2.38. The van der Waals surface area contributed by atoms with E-state index in [1.807, 2.05) is 19.1 Å². The Bertz CT molecular complexity index is 1230. The molecule has 2 heterocycles. The fourth-order valence-electron chi connectivity index (χ4n) is 3.91. The second kappa shape index (κ2) is 7.71. The summed E-state index contributed by atoms with van der Waals surface area (Å²) in [5, 5.41) is 1.01. The van der Waals surface area contributed by atoms with Gasteiger partial charge in [0.2, 0.25) is 0 Å². The zero-order valence-electron chi connectivity index (χ0n) is 16.6. The molecule has 1 aromatic heterocycles. The molecule has 1 unspecified atom stereocenters. The van der Waals surface area contributed by atoms with Crippen molar-refractivity contribution in [2.45, 2.75) is 32.9 Å². The molecule has 5 nitrogen and oxygen atoms in total. The zero-order valence-corrected chi connectivity index (χ0v) is 18.2. The van der Waals surface area contributed by atoms with E-state index in [1.54, 1.807) is 19.1 Å². The molecule has 158 valence electrons. The van der Waals surface area contributed by atoms with Gasteiger partial charge in [0.05, 0.1) is 18.1 Å². The highest BCUT2D eigenvalue weighted by Crippen LogP contribution is 2.31. The largest absolute Gasteiger partial charge is 0.451 e. The van der Waals surface area contributed by atoms with Crippen LogP contribution in [0, 0.1) is 19.7 Å². The third-order valence-corrected chi connectivity index (χ3v) is 7.69. The van der Waals surface area contributed by atoms with Crippen LogP contribution in [0.1, 0.15) is 33.7 Å². The summed E-state index contributed by atoms with van der Waals surface area (Å²) in [7, 11) is -3.26. The third-order valence-electron chi connectivity index (χ3n) is 5.59. The number of carbonyl (C=O) groups is 1. The molecule has 0 N–H and O–H groups in total. The molecular formula is C22H21ClFNO4S. The van der Waals surface area contributed by atoms with Crippen molar-refractivity contribution in [1.82, 2.24) is 4.90 Å². The number of sulfone groups is 1. The Morgan fingerprint density at radius 3 is 2.70 bits per heavy atom. The lowest BCUT2D eigenvalue weighted by Crippen LogP contribution is -2.41. The molecular weight excluding hydrogens is 429 g/mol. The summed E-state index contributed by atoms with van der Waals surface area (Å²) in [6.07, 6.45) is 0.290. The van der Waals surface area contributed by atoms with Gasteiger partial charge >= 0.3 is 0 Å². The topological polar surface area (TPSA) is 67.6 Å². The molecule has 4 rings (SSSR count). The maximum absolute atomic E-state index is 14.4. The van der Waals surface area contributed by atoms with Gasteiger partial charge < -0.3 is 9.32 Å². The van der Waals surface area contributed by atoms with E-state index in [-0.39, 0.29) is 34.4 Å². The molecule has 0 saturated carbocycles. The van der Waals surface area contributed by atoms with Gasteiger partial charge in [-0.15, -0.1) is 0 Å². The molecule has 0 radical (unpaired) electrons. The van der Waals surface area contributed by atoms with Crippen LogP contribution in [0.3, 0.4) is 0 Å². The summed E-state index contributed by atoms with van der Waals surface area (Å²) in [5.74, 6) is -1.05. The van der Waals surface area contributed by atoms with Crippen LogP contribution in [0.15, 0.2) is 40.8 Å². The molecule has 1 fully saturated rings. The van der Waals surface area contributed by atoms with E-state index in [2.05, 4.69) is 0 Å². The molecule has 1 aliphatic heterocycles. The maximum Gasteiger partial charge on any atom is 0.290 e. The van der Waals surface area contributed by atoms with Crippen LogP contribution in [-0.2, 0) is 16.4 Å². The number of carbonyl (C=O) groups excluding carboxylic acids is 1. The van der Waals surface area contributed by atoms with Crippen molar-refractivity contribution in [3.05, 3.63) is 69.7 Å². The Labute approximate surface area is 179 Å². The Balaban J connectivity index is 1.77. The average Bonchev–Trinajstić information content (AvgIpc) is 3.20. The number of fused-ring (bicyclic) bond motifs is 1. The molecule has 1 saturated heterocycles. The number of amides is 1. The summed E-state index contributed by atoms with van der Waals surface area (Å²) in [5.41, 5.74) is 2.43. The van der Waals surface area contributed by atoms with E-state index < -0.39 is 27.6 Å². The minimum absolute atomic E-state index is 0.00917. The Morgan fingerprint density at radius 2 is 2.03 bits per heavy atom. The van der Waals surface area contributed by atoms with Crippen molar-refractivity contribution in [1.29, 1.82) is 0 Å². The highest BCUT2D eigenvalue weighted by atomic mass is 35.5. The first-order chi connectivity index (χ1) is 14.2. The molecule has 3 aromatic rings. The standard InChI is InChI=1S/C22H21ClFNO4S/c1-13-6-7-20-16(10-13)14(2)21(29-20)22(26)25(15-8-9-30(27,28)12-15)11-17-18(23)4-3-5-19(17)24/h3-7,10,15H,8-9,11-12H2,1-2H3. The van der Waals surface area contributed by atoms with E-state index in [9.17, 15) is 17.6 Å². The van der Waals surface area contributed by atoms with Gasteiger partial charge in [-0.25, -0.2) is 12.8 Å². The van der Waals surface area contributed by atoms with E-state index >= 15 is 0 Å². The highest BCUT2D eigenvalue weighted by molar-refractivity contribution is 7.91. The predicted octanol–water partition coefficient (Wildman–Crippen LogP) is 4.67. The number of aryl methyl sites for hydroxylation is 2.